The van der Waals surface area contributed by atoms with E-state index in [1.807, 2.05) is 74.5 Å². The smallest absolute Gasteiger partial charge is 0.229 e. The molecular formula is C30H25O4P. The highest BCUT2D eigenvalue weighted by atomic mass is 31.2. The minimum atomic E-state index is -3.52. The van der Waals surface area contributed by atoms with Crippen LogP contribution in [0.3, 0.4) is 0 Å². The Morgan fingerprint density at radius 1 is 0.771 bits per heavy atom. The third-order valence-electron chi connectivity index (χ3n) is 6.16. The van der Waals surface area contributed by atoms with E-state index in [2.05, 4.69) is 0 Å². The van der Waals surface area contributed by atoms with Crippen LogP contribution in [-0.4, -0.2) is 12.9 Å². The summed E-state index contributed by atoms with van der Waals surface area (Å²) in [5.74, 6) is 0.375. The molecule has 0 aliphatic heterocycles. The van der Waals surface area contributed by atoms with Gasteiger partial charge < -0.3 is 13.7 Å². The number of furan rings is 1. The second-order valence-electron chi connectivity index (χ2n) is 8.62. The zero-order valence-electron chi connectivity index (χ0n) is 19.8. The summed E-state index contributed by atoms with van der Waals surface area (Å²) in [6.45, 7) is 3.94. The summed E-state index contributed by atoms with van der Waals surface area (Å²) >= 11 is 0. The Bertz CT molecular complexity index is 1550. The number of carbonyl (C=O) groups excluding carboxylic acids is 1. The fraction of sp³-hybridized carbons (Fsp3) is 0.100. The zero-order valence-corrected chi connectivity index (χ0v) is 20.7. The van der Waals surface area contributed by atoms with Gasteiger partial charge in [0.25, 0.3) is 0 Å². The largest absolute Gasteiger partial charge is 0.497 e. The van der Waals surface area contributed by atoms with Crippen LogP contribution in [0.2, 0.25) is 0 Å². The molecule has 0 N–H and O–H groups in total. The van der Waals surface area contributed by atoms with Gasteiger partial charge in [-0.05, 0) is 38.1 Å². The molecule has 4 nitrogen and oxygen atoms in total. The number of ketones is 1. The van der Waals surface area contributed by atoms with Crippen molar-refractivity contribution in [1.82, 2.24) is 0 Å². The maximum Gasteiger partial charge on any atom is 0.229 e. The van der Waals surface area contributed by atoms with Gasteiger partial charge in [-0.3, -0.25) is 4.79 Å². The predicted octanol–water partition coefficient (Wildman–Crippen LogP) is 5.93. The molecule has 5 aromatic rings. The first-order valence-electron chi connectivity index (χ1n) is 11.4. The molecule has 0 atom stereocenters. The monoisotopic (exact) mass is 480 g/mol. The molecule has 0 spiro atoms. The molecule has 0 bridgehead atoms. The molecule has 35 heavy (non-hydrogen) atoms. The van der Waals surface area contributed by atoms with Gasteiger partial charge in [0.2, 0.25) is 5.78 Å². The Labute approximate surface area is 204 Å². The first-order chi connectivity index (χ1) is 16.9. The van der Waals surface area contributed by atoms with E-state index in [0.717, 1.165) is 11.1 Å². The highest BCUT2D eigenvalue weighted by Gasteiger charge is 2.39. The van der Waals surface area contributed by atoms with Crippen molar-refractivity contribution >= 4 is 39.8 Å². The number of methoxy groups -OCH3 is 1. The van der Waals surface area contributed by atoms with Crippen LogP contribution < -0.4 is 20.7 Å². The molecule has 0 amide bonds. The molecule has 0 fully saturated rings. The topological polar surface area (TPSA) is 56.5 Å². The lowest BCUT2D eigenvalue weighted by atomic mass is 10.1. The van der Waals surface area contributed by atoms with Crippen molar-refractivity contribution in [2.24, 2.45) is 0 Å². The van der Waals surface area contributed by atoms with Crippen molar-refractivity contribution in [2.75, 3.05) is 7.11 Å². The summed E-state index contributed by atoms with van der Waals surface area (Å²) in [7, 11) is -1.94. The fourth-order valence-corrected chi connectivity index (χ4v) is 7.57. The predicted molar refractivity (Wildman–Crippen MR) is 142 cm³/mol. The number of hydrogen-bond acceptors (Lipinski definition) is 4. The minimum absolute atomic E-state index is 0.0887. The van der Waals surface area contributed by atoms with Gasteiger partial charge in [-0.15, -0.1) is 0 Å². The van der Waals surface area contributed by atoms with Crippen LogP contribution in [0, 0.1) is 13.8 Å². The lowest BCUT2D eigenvalue weighted by molar-refractivity contribution is 0.101. The number of ether oxygens (including phenoxy) is 1. The molecule has 5 rings (SSSR count). The highest BCUT2D eigenvalue weighted by molar-refractivity contribution is 7.85. The van der Waals surface area contributed by atoms with Crippen LogP contribution in [0.5, 0.6) is 5.75 Å². The Hall–Kier alpha value is -3.88. The summed E-state index contributed by atoms with van der Waals surface area (Å²) in [6.07, 6.45) is 0. The van der Waals surface area contributed by atoms with Gasteiger partial charge in [0, 0.05) is 27.6 Å². The summed E-state index contributed by atoms with van der Waals surface area (Å²) in [4.78, 5) is 13.8. The fourth-order valence-electron chi connectivity index (χ4n) is 4.43. The van der Waals surface area contributed by atoms with Crippen LogP contribution in [0.4, 0.5) is 0 Å². The molecule has 0 saturated heterocycles. The lowest BCUT2D eigenvalue weighted by Gasteiger charge is -2.21. The molecule has 0 radical (unpaired) electrons. The molecule has 4 aromatic carbocycles. The average Bonchev–Trinajstić information content (AvgIpc) is 3.27. The second-order valence-corrected chi connectivity index (χ2v) is 11.3. The number of rotatable bonds is 6. The van der Waals surface area contributed by atoms with Crippen molar-refractivity contribution in [3.05, 3.63) is 120 Å². The highest BCUT2D eigenvalue weighted by Crippen LogP contribution is 2.47. The van der Waals surface area contributed by atoms with Gasteiger partial charge >= 0.3 is 0 Å². The van der Waals surface area contributed by atoms with Gasteiger partial charge in [-0.2, -0.15) is 0 Å². The molecule has 0 unspecified atom stereocenters. The van der Waals surface area contributed by atoms with Crippen LogP contribution in [0.25, 0.3) is 11.0 Å². The molecule has 0 aliphatic carbocycles. The van der Waals surface area contributed by atoms with Gasteiger partial charge in [0.05, 0.1) is 12.4 Å². The van der Waals surface area contributed by atoms with Crippen molar-refractivity contribution < 1.29 is 18.5 Å². The first kappa shape index (κ1) is 22.9. The molecule has 0 saturated carbocycles. The summed E-state index contributed by atoms with van der Waals surface area (Å²) in [6, 6.07) is 29.7. The Morgan fingerprint density at radius 2 is 1.40 bits per heavy atom. The van der Waals surface area contributed by atoms with E-state index in [0.29, 0.717) is 38.2 Å². The number of fused-ring (bicyclic) bond motifs is 1. The Morgan fingerprint density at radius 3 is 1.97 bits per heavy atom. The van der Waals surface area contributed by atoms with Gasteiger partial charge in [0.15, 0.2) is 12.9 Å². The van der Waals surface area contributed by atoms with E-state index in [1.54, 1.807) is 43.5 Å². The van der Waals surface area contributed by atoms with Crippen LogP contribution in [-0.2, 0) is 4.57 Å². The second kappa shape index (κ2) is 9.05. The standard InChI is InChI=1S/C30H25O4P/c1-20-9-7-13-24(17-20)35(32,25-14-8-10-21(2)18-25)30-26-16-15-23(33-3)19-27(26)34-29(30)28(31)22-11-5-4-6-12-22/h4-19H,1-3H3. The zero-order chi connectivity index (χ0) is 24.6. The van der Waals surface area contributed by atoms with Gasteiger partial charge in [0.1, 0.15) is 11.3 Å². The lowest BCUT2D eigenvalue weighted by Crippen LogP contribution is -2.28. The molecule has 5 heteroatoms. The Balaban J connectivity index is 1.90. The number of hydrogen-bond donors (Lipinski definition) is 0. The van der Waals surface area contributed by atoms with E-state index < -0.39 is 7.14 Å². The summed E-state index contributed by atoms with van der Waals surface area (Å²) in [5.41, 5.74) is 2.90. The average molecular weight is 481 g/mol. The van der Waals surface area contributed by atoms with Crippen molar-refractivity contribution in [2.45, 2.75) is 13.8 Å². The number of aryl methyl sites for hydroxylation is 2. The minimum Gasteiger partial charge on any atom is -0.497 e. The summed E-state index contributed by atoms with van der Waals surface area (Å²) < 4.78 is 27.1. The maximum atomic E-state index is 15.5. The third-order valence-corrected chi connectivity index (χ3v) is 9.24. The van der Waals surface area contributed by atoms with Gasteiger partial charge in [-0.25, -0.2) is 0 Å². The molecule has 0 aliphatic rings. The van der Waals surface area contributed by atoms with Crippen LogP contribution in [0.1, 0.15) is 27.2 Å². The van der Waals surface area contributed by atoms with Crippen molar-refractivity contribution in [3.63, 3.8) is 0 Å². The summed E-state index contributed by atoms with van der Waals surface area (Å²) in [5, 5.41) is 2.36. The van der Waals surface area contributed by atoms with Gasteiger partial charge in [-0.1, -0.05) is 77.9 Å². The number of carbonyl (C=O) groups is 1. The van der Waals surface area contributed by atoms with E-state index in [-0.39, 0.29) is 11.5 Å². The maximum absolute atomic E-state index is 15.5. The SMILES string of the molecule is COc1ccc2c(P(=O)(c3cccc(C)c3)c3cccc(C)c3)c(C(=O)c3ccccc3)oc2c1. The van der Waals surface area contributed by atoms with Crippen molar-refractivity contribution in [3.8, 4) is 5.75 Å². The van der Waals surface area contributed by atoms with Crippen LogP contribution in [0.15, 0.2) is 101 Å². The molecule has 1 aromatic heterocycles. The Kier molecular flexibility index (Phi) is 5.92. The van der Waals surface area contributed by atoms with Crippen LogP contribution >= 0.6 is 7.14 Å². The number of benzene rings is 4. The van der Waals surface area contributed by atoms with E-state index in [9.17, 15) is 4.79 Å². The van der Waals surface area contributed by atoms with E-state index in [4.69, 9.17) is 9.15 Å². The molecule has 174 valence electrons. The normalized spacial score (nSPS) is 11.5. The third kappa shape index (κ3) is 4.00. The quantitative estimate of drug-likeness (QED) is 0.223. The molecule has 1 heterocycles. The van der Waals surface area contributed by atoms with E-state index >= 15 is 4.57 Å². The molecular weight excluding hydrogens is 455 g/mol. The first-order valence-corrected chi connectivity index (χ1v) is 13.1. The van der Waals surface area contributed by atoms with E-state index in [1.165, 1.54) is 0 Å². The van der Waals surface area contributed by atoms with Crippen molar-refractivity contribution in [1.29, 1.82) is 0 Å².